The molecule has 0 saturated heterocycles. The number of nitrogens with one attached hydrogen (secondary N) is 1. The van der Waals surface area contributed by atoms with E-state index in [1.807, 2.05) is 13.8 Å². The van der Waals surface area contributed by atoms with Crippen LogP contribution in [0.1, 0.15) is 42.1 Å². The number of pyridine rings is 1. The molecule has 94 valence electrons. The van der Waals surface area contributed by atoms with Gasteiger partial charge in [-0.15, -0.1) is 0 Å². The van der Waals surface area contributed by atoms with Gasteiger partial charge in [0, 0.05) is 6.07 Å². The van der Waals surface area contributed by atoms with Crippen molar-refractivity contribution in [2.75, 3.05) is 0 Å². The lowest BCUT2D eigenvalue weighted by Gasteiger charge is -2.13. The van der Waals surface area contributed by atoms with E-state index in [0.29, 0.717) is 0 Å². The molecule has 4 nitrogen and oxygen atoms in total. The summed E-state index contributed by atoms with van der Waals surface area (Å²) in [5, 5.41) is 9.86. The second-order valence-electron chi connectivity index (χ2n) is 4.47. The van der Waals surface area contributed by atoms with Crippen molar-refractivity contribution in [3.63, 3.8) is 0 Å². The van der Waals surface area contributed by atoms with Crippen LogP contribution in [0.15, 0.2) is 29.1 Å². The van der Waals surface area contributed by atoms with Crippen LogP contribution < -0.4 is 5.56 Å². The predicted octanol–water partition coefficient (Wildman–Crippen LogP) is 2.74. The Balaban J connectivity index is 2.81. The van der Waals surface area contributed by atoms with Crippen LogP contribution in [-0.2, 0) is 0 Å². The lowest BCUT2D eigenvalue weighted by atomic mass is 9.94. The van der Waals surface area contributed by atoms with E-state index in [9.17, 15) is 9.59 Å². The molecule has 0 aliphatic rings. The van der Waals surface area contributed by atoms with E-state index >= 15 is 0 Å². The molecule has 18 heavy (non-hydrogen) atoms. The number of carboxylic acid groups (broad SMARTS) is 1. The average molecular weight is 245 g/mol. The molecule has 1 aromatic heterocycles. The van der Waals surface area contributed by atoms with E-state index in [1.54, 1.807) is 18.2 Å². The average Bonchev–Trinajstić information content (AvgIpc) is 2.36. The number of aromatic nitrogens is 1. The van der Waals surface area contributed by atoms with E-state index in [2.05, 4.69) is 4.98 Å². The highest BCUT2D eigenvalue weighted by Crippen LogP contribution is 2.27. The van der Waals surface area contributed by atoms with E-state index < -0.39 is 5.97 Å². The summed E-state index contributed by atoms with van der Waals surface area (Å²) >= 11 is 0. The molecule has 0 bridgehead atoms. The molecule has 0 amide bonds. The smallest absolute Gasteiger partial charge is 0.335 e. The first-order valence-electron chi connectivity index (χ1n) is 5.93. The lowest BCUT2D eigenvalue weighted by molar-refractivity contribution is 0.0697. The summed E-state index contributed by atoms with van der Waals surface area (Å²) in [6, 6.07) is 6.30. The predicted molar refractivity (Wildman–Crippen MR) is 70.2 cm³/mol. The van der Waals surface area contributed by atoms with Crippen LogP contribution in [0, 0.1) is 0 Å². The Bertz CT molecular complexity index is 658. The Labute approximate surface area is 104 Å². The van der Waals surface area contributed by atoms with Crippen LogP contribution in [-0.4, -0.2) is 16.1 Å². The summed E-state index contributed by atoms with van der Waals surface area (Å²) in [4.78, 5) is 25.3. The Morgan fingerprint density at radius 3 is 2.72 bits per heavy atom. The molecule has 0 saturated carbocycles. The van der Waals surface area contributed by atoms with E-state index in [-0.39, 0.29) is 17.0 Å². The third kappa shape index (κ3) is 2.14. The molecule has 4 heteroatoms. The Hall–Kier alpha value is -2.10. The molecule has 0 aliphatic heterocycles. The summed E-state index contributed by atoms with van der Waals surface area (Å²) < 4.78 is 0. The molecule has 0 aliphatic carbocycles. The van der Waals surface area contributed by atoms with Crippen molar-refractivity contribution < 1.29 is 9.90 Å². The molecule has 1 heterocycles. The summed E-state index contributed by atoms with van der Waals surface area (Å²) in [5.41, 5.74) is 1.70. The summed E-state index contributed by atoms with van der Waals surface area (Å²) in [7, 11) is 0. The van der Waals surface area contributed by atoms with Gasteiger partial charge < -0.3 is 10.1 Å². The van der Waals surface area contributed by atoms with Crippen molar-refractivity contribution in [1.82, 2.24) is 4.98 Å². The van der Waals surface area contributed by atoms with E-state index in [4.69, 9.17) is 5.11 Å². The first-order chi connectivity index (χ1) is 8.52. The van der Waals surface area contributed by atoms with Gasteiger partial charge in [0.25, 0.3) is 0 Å². The van der Waals surface area contributed by atoms with Crippen LogP contribution in [0.3, 0.4) is 0 Å². The van der Waals surface area contributed by atoms with Crippen molar-refractivity contribution in [2.45, 2.75) is 26.2 Å². The van der Waals surface area contributed by atoms with Crippen molar-refractivity contribution in [2.24, 2.45) is 0 Å². The highest BCUT2D eigenvalue weighted by atomic mass is 16.4. The fourth-order valence-corrected chi connectivity index (χ4v) is 2.03. The Morgan fingerprint density at radius 2 is 2.11 bits per heavy atom. The van der Waals surface area contributed by atoms with Gasteiger partial charge in [0.15, 0.2) is 0 Å². The minimum atomic E-state index is -0.951. The number of fused-ring (bicyclic) bond motifs is 1. The number of aromatic carboxylic acids is 1. The maximum absolute atomic E-state index is 11.4. The maximum atomic E-state index is 11.4. The van der Waals surface area contributed by atoms with Gasteiger partial charge >= 0.3 is 5.97 Å². The van der Waals surface area contributed by atoms with Crippen molar-refractivity contribution >= 4 is 16.9 Å². The fraction of sp³-hybridized carbons (Fsp3) is 0.286. The number of rotatable bonds is 3. The summed E-state index contributed by atoms with van der Waals surface area (Å²) in [5.74, 6) is -0.752. The molecule has 0 fully saturated rings. The quantitative estimate of drug-likeness (QED) is 0.873. The van der Waals surface area contributed by atoms with Gasteiger partial charge in [-0.1, -0.05) is 13.8 Å². The normalized spacial score (nSPS) is 12.6. The first kappa shape index (κ1) is 12.4. The van der Waals surface area contributed by atoms with Gasteiger partial charge in [-0.25, -0.2) is 4.79 Å². The summed E-state index contributed by atoms with van der Waals surface area (Å²) in [6.07, 6.45) is 0.884. The van der Waals surface area contributed by atoms with Crippen molar-refractivity contribution in [1.29, 1.82) is 0 Å². The number of H-pyrrole nitrogens is 1. The number of carbonyl (C=O) groups is 1. The second kappa shape index (κ2) is 4.64. The van der Waals surface area contributed by atoms with Crippen LogP contribution in [0.25, 0.3) is 10.9 Å². The van der Waals surface area contributed by atoms with Crippen LogP contribution in [0.2, 0.25) is 0 Å². The number of carboxylic acids is 1. The van der Waals surface area contributed by atoms with Gasteiger partial charge in [0.05, 0.1) is 11.1 Å². The molecule has 1 atom stereocenters. The molecular weight excluding hydrogens is 230 g/mol. The van der Waals surface area contributed by atoms with Crippen molar-refractivity contribution in [3.8, 4) is 0 Å². The number of hydrogen-bond acceptors (Lipinski definition) is 2. The molecular formula is C14H15NO3. The van der Waals surface area contributed by atoms with Gasteiger partial charge in [0.2, 0.25) is 5.56 Å². The van der Waals surface area contributed by atoms with Crippen molar-refractivity contribution in [3.05, 3.63) is 45.7 Å². The minimum Gasteiger partial charge on any atom is -0.478 e. The highest BCUT2D eigenvalue weighted by molar-refractivity contribution is 5.94. The largest absolute Gasteiger partial charge is 0.478 e. The van der Waals surface area contributed by atoms with Gasteiger partial charge in [0.1, 0.15) is 0 Å². The number of benzene rings is 1. The zero-order chi connectivity index (χ0) is 13.3. The van der Waals surface area contributed by atoms with Crippen LogP contribution >= 0.6 is 0 Å². The number of aromatic amines is 1. The molecule has 0 radical (unpaired) electrons. The maximum Gasteiger partial charge on any atom is 0.335 e. The lowest BCUT2D eigenvalue weighted by Crippen LogP contribution is -2.07. The molecule has 1 aromatic carbocycles. The second-order valence-corrected chi connectivity index (χ2v) is 4.47. The van der Waals surface area contributed by atoms with Gasteiger partial charge in [-0.3, -0.25) is 4.79 Å². The van der Waals surface area contributed by atoms with Gasteiger partial charge in [-0.2, -0.15) is 0 Å². The highest BCUT2D eigenvalue weighted by Gasteiger charge is 2.13. The fourth-order valence-electron chi connectivity index (χ4n) is 2.03. The molecule has 2 aromatic rings. The van der Waals surface area contributed by atoms with E-state index in [0.717, 1.165) is 22.9 Å². The van der Waals surface area contributed by atoms with Crippen LogP contribution in [0.5, 0.6) is 0 Å². The topological polar surface area (TPSA) is 70.2 Å². The first-order valence-corrected chi connectivity index (χ1v) is 5.93. The molecule has 2 N–H and O–H groups in total. The zero-order valence-corrected chi connectivity index (χ0v) is 10.4. The van der Waals surface area contributed by atoms with Crippen LogP contribution in [0.4, 0.5) is 0 Å². The Kier molecular flexibility index (Phi) is 3.19. The summed E-state index contributed by atoms with van der Waals surface area (Å²) in [6.45, 7) is 4.05. The number of hydrogen-bond donors (Lipinski definition) is 2. The zero-order valence-electron chi connectivity index (χ0n) is 10.4. The van der Waals surface area contributed by atoms with E-state index in [1.165, 1.54) is 6.07 Å². The third-order valence-electron chi connectivity index (χ3n) is 3.25. The monoisotopic (exact) mass is 245 g/mol. The SMILES string of the molecule is CCC(C)c1cc(C(=O)O)cc2ccc(=O)[nH]c12. The third-order valence-corrected chi connectivity index (χ3v) is 3.25. The minimum absolute atomic E-state index is 0.171. The molecule has 2 rings (SSSR count). The van der Waals surface area contributed by atoms with Gasteiger partial charge in [-0.05, 0) is 41.5 Å². The molecule has 1 unspecified atom stereocenters. The Morgan fingerprint density at radius 1 is 1.39 bits per heavy atom. The standard InChI is InChI=1S/C14H15NO3/c1-3-8(2)11-7-10(14(17)18)6-9-4-5-12(16)15-13(9)11/h4-8H,3H2,1-2H3,(H,15,16)(H,17,18). The molecule has 0 spiro atoms.